The number of aryl methyl sites for hydroxylation is 1. The molecule has 1 aromatic heterocycles. The number of hydrogen-bond acceptors (Lipinski definition) is 5. The highest BCUT2D eigenvalue weighted by Crippen LogP contribution is 2.16. The number of nitrogens with zero attached hydrogens (tertiary/aromatic N) is 1. The first-order valence-corrected chi connectivity index (χ1v) is 7.88. The summed E-state index contributed by atoms with van der Waals surface area (Å²) < 4.78 is 10.6. The topological polar surface area (TPSA) is 109 Å². The van der Waals surface area contributed by atoms with Crippen molar-refractivity contribution < 1.29 is 28.6 Å². The van der Waals surface area contributed by atoms with Gasteiger partial charge in [-0.1, -0.05) is 18.2 Å². The van der Waals surface area contributed by atoms with Gasteiger partial charge in [-0.25, -0.2) is 4.79 Å². The van der Waals surface area contributed by atoms with Crippen LogP contribution in [0.3, 0.4) is 0 Å². The van der Waals surface area contributed by atoms with Gasteiger partial charge >= 0.3 is 5.97 Å². The van der Waals surface area contributed by atoms with Crippen LogP contribution in [-0.4, -0.2) is 48.0 Å². The van der Waals surface area contributed by atoms with E-state index in [1.54, 1.807) is 31.2 Å². The van der Waals surface area contributed by atoms with Gasteiger partial charge in [0.05, 0.1) is 13.1 Å². The molecule has 0 aliphatic rings. The average Bonchev–Trinajstić information content (AvgIpc) is 2.99. The molecule has 0 aliphatic carbocycles. The molecule has 2 amide bonds. The number of carboxylic acid groups (broad SMARTS) is 1. The Labute approximate surface area is 150 Å². The highest BCUT2D eigenvalue weighted by Gasteiger charge is 2.17. The molecule has 0 radical (unpaired) electrons. The van der Waals surface area contributed by atoms with Crippen LogP contribution in [0.1, 0.15) is 21.9 Å². The maximum absolute atomic E-state index is 12.1. The summed E-state index contributed by atoms with van der Waals surface area (Å²) in [6.07, 6.45) is 0. The van der Waals surface area contributed by atoms with Crippen LogP contribution in [0.4, 0.5) is 0 Å². The summed E-state index contributed by atoms with van der Waals surface area (Å²) in [4.78, 5) is 36.1. The van der Waals surface area contributed by atoms with E-state index >= 15 is 0 Å². The quantitative estimate of drug-likeness (QED) is 0.737. The van der Waals surface area contributed by atoms with Crippen molar-refractivity contribution in [3.63, 3.8) is 0 Å². The smallest absolute Gasteiger partial charge is 0.339 e. The second-order valence-electron chi connectivity index (χ2n) is 5.62. The van der Waals surface area contributed by atoms with Crippen molar-refractivity contribution in [2.75, 3.05) is 20.2 Å². The fraction of sp³-hybridized carbons (Fsp3) is 0.278. The summed E-state index contributed by atoms with van der Waals surface area (Å²) in [6, 6.07) is 10.2. The minimum atomic E-state index is -1.09. The van der Waals surface area contributed by atoms with Gasteiger partial charge in [0.1, 0.15) is 22.8 Å². The van der Waals surface area contributed by atoms with E-state index in [0.29, 0.717) is 11.5 Å². The molecule has 26 heavy (non-hydrogen) atoms. The summed E-state index contributed by atoms with van der Waals surface area (Å²) in [5.41, 5.74) is 0.0622. The first-order chi connectivity index (χ1) is 12.4. The molecule has 8 nitrogen and oxygen atoms in total. The molecule has 0 saturated heterocycles. The molecule has 138 valence electrons. The van der Waals surface area contributed by atoms with Gasteiger partial charge < -0.3 is 24.5 Å². The number of aromatic carboxylic acids is 1. The molecule has 1 aromatic carbocycles. The number of carboxylic acids is 1. The monoisotopic (exact) mass is 360 g/mol. The van der Waals surface area contributed by atoms with Crippen molar-refractivity contribution in [1.82, 2.24) is 10.2 Å². The van der Waals surface area contributed by atoms with Gasteiger partial charge in [0.2, 0.25) is 5.91 Å². The van der Waals surface area contributed by atoms with Gasteiger partial charge in [-0.3, -0.25) is 9.59 Å². The van der Waals surface area contributed by atoms with Crippen molar-refractivity contribution in [2.24, 2.45) is 0 Å². The minimum absolute atomic E-state index is 0.0622. The van der Waals surface area contributed by atoms with Crippen molar-refractivity contribution in [1.29, 1.82) is 0 Å². The van der Waals surface area contributed by atoms with E-state index in [-0.39, 0.29) is 36.9 Å². The van der Waals surface area contributed by atoms with Crippen LogP contribution in [-0.2, 0) is 16.1 Å². The number of carbonyl (C=O) groups is 3. The second kappa shape index (κ2) is 8.70. The molecular formula is C18H20N2O6. The third-order valence-electron chi connectivity index (χ3n) is 3.57. The SMILES string of the molecule is Cc1oc(CN(C)C(=O)CNC(=O)COc2ccccc2)cc1C(=O)O. The normalized spacial score (nSPS) is 10.2. The first kappa shape index (κ1) is 19.0. The molecule has 0 atom stereocenters. The van der Waals surface area contributed by atoms with Gasteiger partial charge in [-0.2, -0.15) is 0 Å². The van der Waals surface area contributed by atoms with Crippen molar-refractivity contribution in [3.8, 4) is 5.75 Å². The zero-order valence-corrected chi connectivity index (χ0v) is 14.5. The van der Waals surface area contributed by atoms with Crippen LogP contribution in [0.2, 0.25) is 0 Å². The van der Waals surface area contributed by atoms with Crippen LogP contribution >= 0.6 is 0 Å². The highest BCUT2D eigenvalue weighted by atomic mass is 16.5. The van der Waals surface area contributed by atoms with E-state index in [1.165, 1.54) is 18.0 Å². The van der Waals surface area contributed by atoms with Crippen molar-refractivity contribution >= 4 is 17.8 Å². The number of hydrogen-bond donors (Lipinski definition) is 2. The van der Waals surface area contributed by atoms with Gasteiger partial charge in [0.15, 0.2) is 6.61 Å². The molecule has 2 N–H and O–H groups in total. The molecule has 2 aromatic rings. The number of carbonyl (C=O) groups excluding carboxylic acids is 2. The Morgan fingerprint density at radius 1 is 1.23 bits per heavy atom. The van der Waals surface area contributed by atoms with E-state index in [0.717, 1.165) is 0 Å². The van der Waals surface area contributed by atoms with E-state index in [2.05, 4.69) is 5.32 Å². The fourth-order valence-corrected chi connectivity index (χ4v) is 2.18. The Bertz CT molecular complexity index is 784. The van der Waals surface area contributed by atoms with Crippen LogP contribution in [0.5, 0.6) is 5.75 Å². The zero-order chi connectivity index (χ0) is 19.1. The van der Waals surface area contributed by atoms with Crippen LogP contribution in [0, 0.1) is 6.92 Å². The third kappa shape index (κ3) is 5.37. The molecule has 1 heterocycles. The second-order valence-corrected chi connectivity index (χ2v) is 5.62. The van der Waals surface area contributed by atoms with Crippen molar-refractivity contribution in [3.05, 3.63) is 53.5 Å². The third-order valence-corrected chi connectivity index (χ3v) is 3.57. The molecule has 8 heteroatoms. The fourth-order valence-electron chi connectivity index (χ4n) is 2.18. The summed E-state index contributed by atoms with van der Waals surface area (Å²) in [5.74, 6) is -0.651. The Balaban J connectivity index is 1.77. The van der Waals surface area contributed by atoms with Crippen molar-refractivity contribution in [2.45, 2.75) is 13.5 Å². The number of para-hydroxylation sites is 1. The molecule has 0 saturated carbocycles. The maximum Gasteiger partial charge on any atom is 0.339 e. The summed E-state index contributed by atoms with van der Waals surface area (Å²) in [6.45, 7) is 1.25. The summed E-state index contributed by atoms with van der Waals surface area (Å²) in [5, 5.41) is 11.5. The lowest BCUT2D eigenvalue weighted by Crippen LogP contribution is -2.39. The highest BCUT2D eigenvalue weighted by molar-refractivity contribution is 5.89. The van der Waals surface area contributed by atoms with Crippen LogP contribution in [0.25, 0.3) is 0 Å². The van der Waals surface area contributed by atoms with Gasteiger partial charge in [0, 0.05) is 7.05 Å². The largest absolute Gasteiger partial charge is 0.484 e. The Morgan fingerprint density at radius 2 is 1.92 bits per heavy atom. The van der Waals surface area contributed by atoms with E-state index in [4.69, 9.17) is 14.3 Å². The predicted octanol–water partition coefficient (Wildman–Crippen LogP) is 1.44. The number of ether oxygens (including phenoxy) is 1. The lowest BCUT2D eigenvalue weighted by atomic mass is 10.2. The molecular weight excluding hydrogens is 340 g/mol. The number of likely N-dealkylation sites (N-methyl/N-ethyl adjacent to an activating group) is 1. The molecule has 0 bridgehead atoms. The predicted molar refractivity (Wildman–Crippen MR) is 91.8 cm³/mol. The van der Waals surface area contributed by atoms with E-state index in [1.807, 2.05) is 6.07 Å². The van der Waals surface area contributed by atoms with Crippen LogP contribution in [0.15, 0.2) is 40.8 Å². The maximum atomic E-state index is 12.1. The molecule has 0 unspecified atom stereocenters. The Morgan fingerprint density at radius 3 is 2.54 bits per heavy atom. The molecule has 0 spiro atoms. The Kier molecular flexibility index (Phi) is 6.37. The molecule has 0 aliphatic heterocycles. The summed E-state index contributed by atoms with van der Waals surface area (Å²) >= 11 is 0. The number of furan rings is 1. The Hall–Kier alpha value is -3.29. The number of amides is 2. The minimum Gasteiger partial charge on any atom is -0.484 e. The lowest BCUT2D eigenvalue weighted by molar-refractivity contribution is -0.132. The van der Waals surface area contributed by atoms with Gasteiger partial charge in [0.25, 0.3) is 5.91 Å². The number of rotatable bonds is 8. The van der Waals surface area contributed by atoms with Crippen LogP contribution < -0.4 is 10.1 Å². The van der Waals surface area contributed by atoms with E-state index < -0.39 is 11.9 Å². The van der Waals surface area contributed by atoms with Gasteiger partial charge in [-0.15, -0.1) is 0 Å². The lowest BCUT2D eigenvalue weighted by Gasteiger charge is -2.16. The summed E-state index contributed by atoms with van der Waals surface area (Å²) in [7, 11) is 1.53. The van der Waals surface area contributed by atoms with E-state index in [9.17, 15) is 14.4 Å². The van der Waals surface area contributed by atoms with Gasteiger partial charge in [-0.05, 0) is 25.1 Å². The standard InChI is InChI=1S/C18H20N2O6/c1-12-15(18(23)24)8-14(26-12)10-20(2)17(22)9-19-16(21)11-25-13-6-4-3-5-7-13/h3-8H,9-11H2,1-2H3,(H,19,21)(H,23,24). The first-order valence-electron chi connectivity index (χ1n) is 7.88. The average molecular weight is 360 g/mol. The number of nitrogens with one attached hydrogen (secondary N) is 1. The number of benzene rings is 1. The molecule has 0 fully saturated rings. The zero-order valence-electron chi connectivity index (χ0n) is 14.5. The molecule has 2 rings (SSSR count).